The number of hydrogen-bond donors (Lipinski definition) is 3. The van der Waals surface area contributed by atoms with Crippen LogP contribution in [0.15, 0.2) is 36.5 Å². The van der Waals surface area contributed by atoms with Gasteiger partial charge >= 0.3 is 5.97 Å². The molecule has 388 valence electrons. The lowest BCUT2D eigenvalue weighted by molar-refractivity contribution is -0.151. The number of carbonyl (C=O) groups excluding carboxylic acids is 2. The predicted molar refractivity (Wildman–Crippen MR) is 287 cm³/mol. The third-order valence-electron chi connectivity index (χ3n) is 13.5. The van der Waals surface area contributed by atoms with Crippen LogP contribution < -0.4 is 5.32 Å². The van der Waals surface area contributed by atoms with Crippen molar-refractivity contribution in [2.75, 3.05) is 6.61 Å². The van der Waals surface area contributed by atoms with Gasteiger partial charge in [-0.3, -0.25) is 9.59 Å². The van der Waals surface area contributed by atoms with Gasteiger partial charge in [-0.15, -0.1) is 0 Å². The normalized spacial score (nSPS) is 13.3. The molecule has 3 unspecified atom stereocenters. The molecule has 0 aliphatic heterocycles. The van der Waals surface area contributed by atoms with Gasteiger partial charge in [0.25, 0.3) is 0 Å². The van der Waals surface area contributed by atoms with Crippen molar-refractivity contribution in [1.82, 2.24) is 5.32 Å². The van der Waals surface area contributed by atoms with Gasteiger partial charge in [0, 0.05) is 6.42 Å². The average molecular weight is 929 g/mol. The van der Waals surface area contributed by atoms with Crippen molar-refractivity contribution >= 4 is 11.9 Å². The molecular weight excluding hydrogens is 815 g/mol. The van der Waals surface area contributed by atoms with E-state index in [1.165, 1.54) is 186 Å². The maximum absolute atomic E-state index is 13.3. The second-order valence-electron chi connectivity index (χ2n) is 20.1. The standard InChI is InChI=1S/C60H113NO5/c1-4-7-10-13-16-19-22-25-28-29-32-33-36-39-42-45-48-51-56(66-60(65)53-50-47-44-41-38-35-31-27-24-21-18-15-12-9-6-3)54-59(64)61-57(55-62)58(63)52-49-46-43-40-37-34-30-26-23-20-17-14-11-8-5-2/h16,19,25,28,32-33,56-58,62-63H,4-15,17-18,20-24,26-27,29-31,34-55H2,1-3H3,(H,61,64)/b19-16-,28-25-,33-32-. The lowest BCUT2D eigenvalue weighted by Gasteiger charge is -2.24. The molecule has 0 spiro atoms. The molecule has 3 N–H and O–H groups in total. The van der Waals surface area contributed by atoms with Gasteiger partial charge in [-0.05, 0) is 64.2 Å². The number of amides is 1. The molecule has 0 bridgehead atoms. The summed E-state index contributed by atoms with van der Waals surface area (Å²) in [4.78, 5) is 26.3. The van der Waals surface area contributed by atoms with Crippen molar-refractivity contribution < 1.29 is 24.5 Å². The molecule has 3 atom stereocenters. The Labute approximate surface area is 411 Å². The summed E-state index contributed by atoms with van der Waals surface area (Å²) in [6, 6.07) is -0.707. The van der Waals surface area contributed by atoms with Gasteiger partial charge in [0.2, 0.25) is 5.91 Å². The Morgan fingerprint density at radius 1 is 0.439 bits per heavy atom. The van der Waals surface area contributed by atoms with Crippen LogP contribution >= 0.6 is 0 Å². The number of aliphatic hydroxyl groups is 2. The molecule has 0 saturated carbocycles. The molecule has 0 fully saturated rings. The third-order valence-corrected chi connectivity index (χ3v) is 13.5. The fourth-order valence-corrected chi connectivity index (χ4v) is 9.03. The highest BCUT2D eigenvalue weighted by molar-refractivity contribution is 5.77. The fourth-order valence-electron chi connectivity index (χ4n) is 9.03. The Bertz CT molecular complexity index is 1090. The number of ether oxygens (including phenoxy) is 1. The van der Waals surface area contributed by atoms with Crippen LogP contribution in [-0.4, -0.2) is 46.9 Å². The third kappa shape index (κ3) is 48.5. The van der Waals surface area contributed by atoms with Crippen molar-refractivity contribution in [2.45, 2.75) is 328 Å². The van der Waals surface area contributed by atoms with E-state index in [0.717, 1.165) is 77.0 Å². The Morgan fingerprint density at radius 3 is 1.20 bits per heavy atom. The highest BCUT2D eigenvalue weighted by Crippen LogP contribution is 2.19. The first-order valence-corrected chi connectivity index (χ1v) is 29.2. The zero-order chi connectivity index (χ0) is 48.1. The van der Waals surface area contributed by atoms with Crippen LogP contribution in [0.5, 0.6) is 0 Å². The summed E-state index contributed by atoms with van der Waals surface area (Å²) in [5.74, 6) is -0.479. The summed E-state index contributed by atoms with van der Waals surface area (Å²) in [6.07, 6.45) is 64.9. The number of esters is 1. The smallest absolute Gasteiger partial charge is 0.306 e. The molecule has 0 aromatic carbocycles. The molecule has 0 aliphatic carbocycles. The van der Waals surface area contributed by atoms with Crippen molar-refractivity contribution in [3.63, 3.8) is 0 Å². The topological polar surface area (TPSA) is 95.9 Å². The largest absolute Gasteiger partial charge is 0.462 e. The molecule has 1 amide bonds. The van der Waals surface area contributed by atoms with E-state index in [1.54, 1.807) is 0 Å². The second kappa shape index (κ2) is 54.0. The van der Waals surface area contributed by atoms with E-state index in [2.05, 4.69) is 62.5 Å². The van der Waals surface area contributed by atoms with Crippen LogP contribution in [0.25, 0.3) is 0 Å². The molecule has 6 heteroatoms. The van der Waals surface area contributed by atoms with Gasteiger partial charge in [-0.25, -0.2) is 0 Å². The maximum atomic E-state index is 13.3. The number of aliphatic hydroxyl groups excluding tert-OH is 2. The molecule has 0 heterocycles. The van der Waals surface area contributed by atoms with Gasteiger partial charge in [0.05, 0.1) is 25.2 Å². The molecule has 6 nitrogen and oxygen atoms in total. The summed E-state index contributed by atoms with van der Waals surface area (Å²) in [6.45, 7) is 6.49. The summed E-state index contributed by atoms with van der Waals surface area (Å²) in [7, 11) is 0. The van der Waals surface area contributed by atoms with Crippen molar-refractivity contribution in [1.29, 1.82) is 0 Å². The van der Waals surface area contributed by atoms with E-state index in [4.69, 9.17) is 4.74 Å². The quantitative estimate of drug-likeness (QED) is 0.0321. The van der Waals surface area contributed by atoms with Crippen LogP contribution in [0.4, 0.5) is 0 Å². The Balaban J connectivity index is 4.58. The van der Waals surface area contributed by atoms with Gasteiger partial charge < -0.3 is 20.3 Å². The Kier molecular flexibility index (Phi) is 52.5. The van der Waals surface area contributed by atoms with Gasteiger partial charge in [-0.1, -0.05) is 269 Å². The lowest BCUT2D eigenvalue weighted by atomic mass is 10.0. The van der Waals surface area contributed by atoms with Crippen LogP contribution in [0.1, 0.15) is 310 Å². The first-order chi connectivity index (χ1) is 32.5. The fraction of sp³-hybridized carbons (Fsp3) is 0.867. The summed E-state index contributed by atoms with van der Waals surface area (Å²) in [5, 5.41) is 23.9. The highest BCUT2D eigenvalue weighted by Gasteiger charge is 2.24. The van der Waals surface area contributed by atoms with Crippen molar-refractivity contribution in [2.24, 2.45) is 0 Å². The van der Waals surface area contributed by atoms with Crippen molar-refractivity contribution in [3.8, 4) is 0 Å². The average Bonchev–Trinajstić information content (AvgIpc) is 3.31. The van der Waals surface area contributed by atoms with Crippen LogP contribution in [0, 0.1) is 0 Å². The monoisotopic (exact) mass is 928 g/mol. The Morgan fingerprint density at radius 2 is 0.773 bits per heavy atom. The molecule has 0 aromatic rings. The van der Waals surface area contributed by atoms with Gasteiger partial charge in [-0.2, -0.15) is 0 Å². The maximum Gasteiger partial charge on any atom is 0.306 e. The number of hydrogen-bond acceptors (Lipinski definition) is 5. The van der Waals surface area contributed by atoms with Crippen LogP contribution in [0.2, 0.25) is 0 Å². The van der Waals surface area contributed by atoms with Gasteiger partial charge in [0.15, 0.2) is 0 Å². The summed E-state index contributed by atoms with van der Waals surface area (Å²) in [5.41, 5.74) is 0. The van der Waals surface area contributed by atoms with E-state index in [1.807, 2.05) is 0 Å². The highest BCUT2D eigenvalue weighted by atomic mass is 16.5. The lowest BCUT2D eigenvalue weighted by Crippen LogP contribution is -2.46. The van der Waals surface area contributed by atoms with Gasteiger partial charge in [0.1, 0.15) is 6.10 Å². The second-order valence-corrected chi connectivity index (χ2v) is 20.1. The minimum absolute atomic E-state index is 0.0671. The zero-order valence-corrected chi connectivity index (χ0v) is 44.3. The molecule has 66 heavy (non-hydrogen) atoms. The molecule has 0 saturated heterocycles. The van der Waals surface area contributed by atoms with Crippen molar-refractivity contribution in [3.05, 3.63) is 36.5 Å². The SMILES string of the molecule is CCCCC/C=C\C/C=C\C/C=C\CCCCCCC(CC(=O)NC(CO)C(O)CCCCCCCCCCCCCCCCC)OC(=O)CCCCCCCCCCCCCCCCC. The number of rotatable bonds is 53. The number of nitrogens with one attached hydrogen (secondary N) is 1. The van der Waals surface area contributed by atoms with E-state index < -0.39 is 18.2 Å². The Hall–Kier alpha value is -1.92. The number of allylic oxidation sites excluding steroid dienone is 6. The minimum atomic E-state index is -0.792. The van der Waals surface area contributed by atoms with Crippen LogP contribution in [-0.2, 0) is 14.3 Å². The zero-order valence-electron chi connectivity index (χ0n) is 44.3. The van der Waals surface area contributed by atoms with E-state index in [-0.39, 0.29) is 24.9 Å². The number of unbranched alkanes of at least 4 members (excludes halogenated alkanes) is 35. The molecule has 0 rings (SSSR count). The molecule has 0 radical (unpaired) electrons. The van der Waals surface area contributed by atoms with E-state index >= 15 is 0 Å². The summed E-state index contributed by atoms with van der Waals surface area (Å²) >= 11 is 0. The first-order valence-electron chi connectivity index (χ1n) is 29.2. The van der Waals surface area contributed by atoms with Crippen LogP contribution in [0.3, 0.4) is 0 Å². The molecule has 0 aromatic heterocycles. The molecule has 0 aliphatic rings. The van der Waals surface area contributed by atoms with E-state index in [9.17, 15) is 19.8 Å². The molecular formula is C60H113NO5. The minimum Gasteiger partial charge on any atom is -0.462 e. The predicted octanol–water partition coefficient (Wildman–Crippen LogP) is 18.0. The van der Waals surface area contributed by atoms with E-state index in [0.29, 0.717) is 19.3 Å². The number of carbonyl (C=O) groups is 2. The first kappa shape index (κ1) is 64.1. The summed E-state index contributed by atoms with van der Waals surface area (Å²) < 4.78 is 5.96.